The van der Waals surface area contributed by atoms with E-state index in [9.17, 15) is 21.6 Å². The molecule has 8 nitrogen and oxygen atoms in total. The molecule has 0 atom stereocenters. The quantitative estimate of drug-likeness (QED) is 0.438. The van der Waals surface area contributed by atoms with Crippen molar-refractivity contribution < 1.29 is 21.6 Å². The highest BCUT2D eigenvalue weighted by Crippen LogP contribution is 2.28. The number of nitrogens with zero attached hydrogens (tertiary/aromatic N) is 2. The zero-order valence-electron chi connectivity index (χ0n) is 20.9. The molecule has 196 valence electrons. The molecule has 37 heavy (non-hydrogen) atoms. The predicted octanol–water partition coefficient (Wildman–Crippen LogP) is 4.18. The first-order valence-corrected chi connectivity index (χ1v) is 15.1. The van der Waals surface area contributed by atoms with Gasteiger partial charge in [0.15, 0.2) is 0 Å². The van der Waals surface area contributed by atoms with Crippen molar-refractivity contribution >= 4 is 37.3 Å². The molecule has 10 heteroatoms. The maximum Gasteiger partial charge on any atom is 0.264 e. The summed E-state index contributed by atoms with van der Waals surface area (Å²) >= 11 is 0. The van der Waals surface area contributed by atoms with Crippen molar-refractivity contribution in [2.24, 2.45) is 0 Å². The average Bonchev–Trinajstić information content (AvgIpc) is 3.44. The monoisotopic (exact) mass is 541 g/mol. The number of anilines is 2. The van der Waals surface area contributed by atoms with E-state index in [0.29, 0.717) is 30.9 Å². The molecule has 0 saturated carbocycles. The van der Waals surface area contributed by atoms with Crippen molar-refractivity contribution in [3.63, 3.8) is 0 Å². The smallest absolute Gasteiger partial charge is 0.264 e. The SMILES string of the molecule is CCc1ccccc1N(CC(=O)Nc1ccc(S(=O)(=O)N2CCCC2)cc1)S(=O)(=O)c1ccc(C)cc1. The minimum absolute atomic E-state index is 0.0910. The van der Waals surface area contributed by atoms with Crippen LogP contribution in [0.15, 0.2) is 82.6 Å². The number of rotatable bonds is 9. The number of amides is 1. The lowest BCUT2D eigenvalue weighted by molar-refractivity contribution is -0.114. The normalized spacial score (nSPS) is 14.4. The summed E-state index contributed by atoms with van der Waals surface area (Å²) in [5.74, 6) is -0.545. The van der Waals surface area contributed by atoms with E-state index >= 15 is 0 Å². The van der Waals surface area contributed by atoms with Gasteiger partial charge in [0.1, 0.15) is 6.54 Å². The van der Waals surface area contributed by atoms with Gasteiger partial charge in [-0.15, -0.1) is 0 Å². The minimum atomic E-state index is -4.04. The van der Waals surface area contributed by atoms with Gasteiger partial charge in [-0.05, 0) is 74.2 Å². The number of hydrogen-bond donors (Lipinski definition) is 1. The van der Waals surface area contributed by atoms with Crippen LogP contribution in [0.4, 0.5) is 11.4 Å². The third-order valence-corrected chi connectivity index (χ3v) is 10.1. The van der Waals surface area contributed by atoms with E-state index in [4.69, 9.17) is 0 Å². The van der Waals surface area contributed by atoms with Gasteiger partial charge < -0.3 is 5.32 Å². The number of aryl methyl sites for hydroxylation is 2. The standard InChI is InChI=1S/C27H31N3O5S2/c1-3-22-8-4-5-9-26(22)30(37(34,35)25-14-10-21(2)11-15-25)20-27(31)28-23-12-16-24(17-13-23)36(32,33)29-18-6-7-19-29/h4-5,8-17H,3,6-7,18-20H2,1-2H3,(H,28,31). The van der Waals surface area contributed by atoms with Crippen molar-refractivity contribution in [3.8, 4) is 0 Å². The van der Waals surface area contributed by atoms with Crippen LogP contribution >= 0.6 is 0 Å². The Morgan fingerprint density at radius 1 is 0.865 bits per heavy atom. The highest BCUT2D eigenvalue weighted by Gasteiger charge is 2.29. The molecule has 0 spiro atoms. The Morgan fingerprint density at radius 2 is 1.46 bits per heavy atom. The second-order valence-corrected chi connectivity index (χ2v) is 12.8. The van der Waals surface area contributed by atoms with Gasteiger partial charge in [-0.25, -0.2) is 16.8 Å². The molecule has 0 unspecified atom stereocenters. The van der Waals surface area contributed by atoms with E-state index < -0.39 is 32.5 Å². The summed E-state index contributed by atoms with van der Waals surface area (Å²) in [6.45, 7) is 4.36. The van der Waals surface area contributed by atoms with E-state index in [2.05, 4.69) is 5.32 Å². The Bertz CT molecular complexity index is 1460. The van der Waals surface area contributed by atoms with Gasteiger partial charge in [0.2, 0.25) is 15.9 Å². The summed E-state index contributed by atoms with van der Waals surface area (Å²) in [5, 5.41) is 2.71. The molecule has 0 bridgehead atoms. The van der Waals surface area contributed by atoms with E-state index in [-0.39, 0.29) is 9.79 Å². The van der Waals surface area contributed by atoms with Crippen LogP contribution in [0.2, 0.25) is 0 Å². The average molecular weight is 542 g/mol. The molecule has 1 fully saturated rings. The molecule has 1 aliphatic heterocycles. The first-order chi connectivity index (χ1) is 17.6. The minimum Gasteiger partial charge on any atom is -0.325 e. The molecular weight excluding hydrogens is 510 g/mol. The molecule has 1 aliphatic rings. The first-order valence-electron chi connectivity index (χ1n) is 12.2. The Hall–Kier alpha value is -3.21. The van der Waals surface area contributed by atoms with Crippen LogP contribution in [0.1, 0.15) is 30.9 Å². The molecule has 1 heterocycles. The van der Waals surface area contributed by atoms with Crippen LogP contribution < -0.4 is 9.62 Å². The van der Waals surface area contributed by atoms with Crippen LogP contribution in [0.25, 0.3) is 0 Å². The van der Waals surface area contributed by atoms with E-state index in [1.165, 1.54) is 40.7 Å². The number of carbonyl (C=O) groups is 1. The molecule has 1 N–H and O–H groups in total. The summed E-state index contributed by atoms with van der Waals surface area (Å²) in [6.07, 6.45) is 2.28. The molecule has 4 rings (SSSR count). The topological polar surface area (TPSA) is 104 Å². The molecule has 3 aromatic rings. The molecular formula is C27H31N3O5S2. The molecule has 0 aliphatic carbocycles. The van der Waals surface area contributed by atoms with Gasteiger partial charge in [0.05, 0.1) is 15.5 Å². The van der Waals surface area contributed by atoms with Crippen LogP contribution in [-0.2, 0) is 31.3 Å². The van der Waals surface area contributed by atoms with Crippen molar-refractivity contribution in [1.29, 1.82) is 0 Å². The third-order valence-electron chi connectivity index (χ3n) is 6.38. The number of para-hydroxylation sites is 1. The van der Waals surface area contributed by atoms with Crippen LogP contribution in [0.3, 0.4) is 0 Å². The third kappa shape index (κ3) is 5.87. The van der Waals surface area contributed by atoms with Gasteiger partial charge in [-0.1, -0.05) is 42.8 Å². The molecule has 1 amide bonds. The fraction of sp³-hybridized carbons (Fsp3) is 0.296. The van der Waals surface area contributed by atoms with E-state index in [1.807, 2.05) is 26.0 Å². The largest absolute Gasteiger partial charge is 0.325 e. The van der Waals surface area contributed by atoms with Gasteiger partial charge in [0.25, 0.3) is 10.0 Å². The summed E-state index contributed by atoms with van der Waals surface area (Å²) < 4.78 is 55.4. The maximum absolute atomic E-state index is 13.7. The number of sulfonamides is 2. The molecule has 1 saturated heterocycles. The van der Waals surface area contributed by atoms with Crippen molar-refractivity contribution in [2.45, 2.75) is 42.9 Å². The molecule has 0 radical (unpaired) electrons. The zero-order chi connectivity index (χ0) is 26.6. The maximum atomic E-state index is 13.7. The van der Waals surface area contributed by atoms with Crippen molar-refractivity contribution in [3.05, 3.63) is 83.9 Å². The lowest BCUT2D eigenvalue weighted by Crippen LogP contribution is -2.38. The number of hydrogen-bond acceptors (Lipinski definition) is 5. The Balaban J connectivity index is 1.58. The van der Waals surface area contributed by atoms with Gasteiger partial charge in [-0.2, -0.15) is 4.31 Å². The van der Waals surface area contributed by atoms with Gasteiger partial charge in [0, 0.05) is 18.8 Å². The zero-order valence-corrected chi connectivity index (χ0v) is 22.6. The molecule has 0 aromatic heterocycles. The highest BCUT2D eigenvalue weighted by atomic mass is 32.2. The Labute approximate surface area is 219 Å². The van der Waals surface area contributed by atoms with Crippen LogP contribution in [0, 0.1) is 6.92 Å². The summed E-state index contributed by atoms with van der Waals surface area (Å²) in [5.41, 5.74) is 2.53. The number of carbonyl (C=O) groups excluding carboxylic acids is 1. The fourth-order valence-corrected chi connectivity index (χ4v) is 7.28. The molecule has 3 aromatic carbocycles. The van der Waals surface area contributed by atoms with Gasteiger partial charge >= 0.3 is 0 Å². The van der Waals surface area contributed by atoms with Crippen LogP contribution in [-0.4, -0.2) is 46.7 Å². The van der Waals surface area contributed by atoms with Crippen molar-refractivity contribution in [1.82, 2.24) is 4.31 Å². The summed E-state index contributed by atoms with van der Waals surface area (Å²) in [7, 11) is -7.61. The summed E-state index contributed by atoms with van der Waals surface area (Å²) in [6, 6.07) is 19.5. The lowest BCUT2D eigenvalue weighted by Gasteiger charge is -2.26. The fourth-order valence-electron chi connectivity index (χ4n) is 4.31. The summed E-state index contributed by atoms with van der Waals surface area (Å²) in [4.78, 5) is 13.3. The number of benzene rings is 3. The highest BCUT2D eigenvalue weighted by molar-refractivity contribution is 7.92. The predicted molar refractivity (Wildman–Crippen MR) is 145 cm³/mol. The Kier molecular flexibility index (Phi) is 8.01. The van der Waals surface area contributed by atoms with Gasteiger partial charge in [-0.3, -0.25) is 9.10 Å². The van der Waals surface area contributed by atoms with E-state index in [0.717, 1.165) is 28.3 Å². The van der Waals surface area contributed by atoms with Crippen molar-refractivity contribution in [2.75, 3.05) is 29.3 Å². The second-order valence-electron chi connectivity index (χ2n) is 8.99. The lowest BCUT2D eigenvalue weighted by atomic mass is 10.1. The number of nitrogens with one attached hydrogen (secondary N) is 1. The first kappa shape index (κ1) is 26.8. The Morgan fingerprint density at radius 3 is 2.08 bits per heavy atom. The van der Waals surface area contributed by atoms with E-state index in [1.54, 1.807) is 24.3 Å². The van der Waals surface area contributed by atoms with Crippen LogP contribution in [0.5, 0.6) is 0 Å². The second kappa shape index (κ2) is 11.0.